The van der Waals surface area contributed by atoms with Gasteiger partial charge in [-0.3, -0.25) is 0 Å². The van der Waals surface area contributed by atoms with Gasteiger partial charge < -0.3 is 0 Å². The van der Waals surface area contributed by atoms with Crippen LogP contribution in [-0.2, 0) is 0 Å². The monoisotopic (exact) mass is 450 g/mol. The fourth-order valence-electron chi connectivity index (χ4n) is 4.12. The molecule has 2 rings (SSSR count). The lowest BCUT2D eigenvalue weighted by molar-refractivity contribution is 0.837. The molecule has 0 aliphatic heterocycles. The van der Waals surface area contributed by atoms with Crippen LogP contribution in [0.4, 0.5) is 0 Å². The van der Waals surface area contributed by atoms with E-state index in [2.05, 4.69) is 76.3 Å². The minimum atomic E-state index is -1.58. The molecule has 0 fully saturated rings. The van der Waals surface area contributed by atoms with Crippen molar-refractivity contribution in [1.82, 2.24) is 0 Å². The molecule has 0 aliphatic carbocycles. The summed E-state index contributed by atoms with van der Waals surface area (Å²) in [6, 6.07) is 6.58. The maximum atomic E-state index is 6.45. The Kier molecular flexibility index (Phi) is 5.50. The van der Waals surface area contributed by atoms with E-state index in [0.717, 1.165) is 21.6 Å². The molecule has 4 heteroatoms. The first-order chi connectivity index (χ1) is 9.72. The second-order valence-corrected chi connectivity index (χ2v) is 15.6. The van der Waals surface area contributed by atoms with Gasteiger partial charge in [0.15, 0.2) is 0 Å². The zero-order valence-electron chi connectivity index (χ0n) is 13.6. The molecular formula is C17H24ClISSi. The van der Waals surface area contributed by atoms with E-state index in [1.165, 1.54) is 13.7 Å². The van der Waals surface area contributed by atoms with E-state index < -0.39 is 8.07 Å². The fraction of sp³-hybridized carbons (Fsp3) is 0.529. The highest BCUT2D eigenvalue weighted by Gasteiger charge is 2.45. The number of benzene rings is 1. The van der Waals surface area contributed by atoms with Crippen LogP contribution in [0.25, 0.3) is 10.1 Å². The van der Waals surface area contributed by atoms with Crippen LogP contribution in [0.2, 0.25) is 21.6 Å². The van der Waals surface area contributed by atoms with Crippen LogP contribution in [0.3, 0.4) is 0 Å². The molecule has 1 aromatic heterocycles. The Morgan fingerprint density at radius 2 is 1.52 bits per heavy atom. The predicted octanol–water partition coefficient (Wildman–Crippen LogP) is 7.05. The maximum absolute atomic E-state index is 6.45. The Morgan fingerprint density at radius 1 is 1.00 bits per heavy atom. The third-order valence-electron chi connectivity index (χ3n) is 4.88. The molecule has 2 aromatic rings. The summed E-state index contributed by atoms with van der Waals surface area (Å²) < 4.78 is 4.32. The van der Waals surface area contributed by atoms with Gasteiger partial charge in [0.2, 0.25) is 0 Å². The first kappa shape index (κ1) is 17.8. The van der Waals surface area contributed by atoms with Crippen molar-refractivity contribution < 1.29 is 0 Å². The van der Waals surface area contributed by atoms with E-state index in [4.69, 9.17) is 11.6 Å². The number of hydrogen-bond donors (Lipinski definition) is 0. The summed E-state index contributed by atoms with van der Waals surface area (Å²) >= 11 is 10.9. The number of thiophene rings is 1. The van der Waals surface area contributed by atoms with Crippen molar-refractivity contribution in [3.63, 3.8) is 0 Å². The lowest BCUT2D eigenvalue weighted by Gasteiger charge is -2.42. The number of halogens is 2. The van der Waals surface area contributed by atoms with Crippen molar-refractivity contribution in [2.75, 3.05) is 0 Å². The average Bonchev–Trinajstić information content (AvgIpc) is 2.79. The number of hydrogen-bond acceptors (Lipinski definition) is 1. The van der Waals surface area contributed by atoms with Crippen molar-refractivity contribution in [2.45, 2.75) is 58.2 Å². The Balaban J connectivity index is 2.78. The van der Waals surface area contributed by atoms with Crippen molar-refractivity contribution in [3.05, 3.63) is 26.8 Å². The van der Waals surface area contributed by atoms with Crippen LogP contribution >= 0.6 is 45.5 Å². The Bertz CT molecular complexity index is 585. The standard InChI is InChI=1S/C17H24ClISSi/c1-10(2)21(11(3)4,12(5)6)16-9-13-14(18)7-8-15(19)17(13)20-16/h7-12H,1-6H3. The highest BCUT2D eigenvalue weighted by atomic mass is 127. The van der Waals surface area contributed by atoms with Gasteiger partial charge in [0.25, 0.3) is 0 Å². The normalized spacial score (nSPS) is 13.1. The van der Waals surface area contributed by atoms with E-state index in [9.17, 15) is 0 Å². The van der Waals surface area contributed by atoms with Crippen molar-refractivity contribution in [1.29, 1.82) is 0 Å². The molecule has 0 spiro atoms. The summed E-state index contributed by atoms with van der Waals surface area (Å²) in [6.45, 7) is 14.5. The fourth-order valence-corrected chi connectivity index (χ4v) is 15.3. The first-order valence-corrected chi connectivity index (χ1v) is 12.1. The van der Waals surface area contributed by atoms with Gasteiger partial charge in [-0.1, -0.05) is 53.1 Å². The quantitative estimate of drug-likeness (QED) is 0.346. The smallest absolute Gasteiger partial charge is 0.107 e. The first-order valence-electron chi connectivity index (χ1n) is 7.60. The molecule has 1 heterocycles. The van der Waals surface area contributed by atoms with Crippen LogP contribution in [0.1, 0.15) is 41.5 Å². The molecule has 0 N–H and O–H groups in total. The lowest BCUT2D eigenvalue weighted by Crippen LogP contribution is -2.54. The van der Waals surface area contributed by atoms with Gasteiger partial charge in [-0.15, -0.1) is 11.3 Å². The second-order valence-electron chi connectivity index (χ2n) is 6.78. The van der Waals surface area contributed by atoms with Gasteiger partial charge in [0, 0.05) is 18.7 Å². The van der Waals surface area contributed by atoms with Crippen molar-refractivity contribution in [3.8, 4) is 0 Å². The van der Waals surface area contributed by atoms with Crippen LogP contribution in [0, 0.1) is 3.57 Å². The van der Waals surface area contributed by atoms with Gasteiger partial charge in [0.1, 0.15) is 8.07 Å². The minimum Gasteiger partial charge on any atom is -0.144 e. The SMILES string of the molecule is CC(C)[Si](c1cc2c(Cl)ccc(I)c2s1)(C(C)C)C(C)C. The van der Waals surface area contributed by atoms with E-state index in [1.807, 2.05) is 17.4 Å². The molecule has 0 aliphatic rings. The third kappa shape index (κ3) is 2.84. The topological polar surface area (TPSA) is 0 Å². The van der Waals surface area contributed by atoms with Crippen LogP contribution in [0.5, 0.6) is 0 Å². The highest BCUT2D eigenvalue weighted by molar-refractivity contribution is 14.1. The Hall–Kier alpha value is 0.417. The molecule has 0 saturated carbocycles. The lowest BCUT2D eigenvalue weighted by atomic mass is 10.3. The maximum Gasteiger partial charge on any atom is 0.107 e. The van der Waals surface area contributed by atoms with E-state index >= 15 is 0 Å². The molecule has 0 atom stereocenters. The Labute approximate surface area is 152 Å². The summed E-state index contributed by atoms with van der Waals surface area (Å²) in [5.41, 5.74) is 2.21. The summed E-state index contributed by atoms with van der Waals surface area (Å²) in [6.07, 6.45) is 0. The van der Waals surface area contributed by atoms with Crippen molar-refractivity contribution in [2.24, 2.45) is 0 Å². The van der Waals surface area contributed by atoms with Crippen LogP contribution in [-0.4, -0.2) is 8.07 Å². The average molecular weight is 451 g/mol. The molecule has 0 amide bonds. The Morgan fingerprint density at radius 3 is 1.95 bits per heavy atom. The van der Waals surface area contributed by atoms with Gasteiger partial charge in [-0.05, 0) is 61.9 Å². The summed E-state index contributed by atoms with van der Waals surface area (Å²) in [5.74, 6) is 0. The van der Waals surface area contributed by atoms with E-state index in [1.54, 1.807) is 4.50 Å². The van der Waals surface area contributed by atoms with Gasteiger partial charge in [-0.2, -0.15) is 0 Å². The third-order valence-corrected chi connectivity index (χ3v) is 15.5. The minimum absolute atomic E-state index is 0.738. The number of fused-ring (bicyclic) bond motifs is 1. The predicted molar refractivity (Wildman–Crippen MR) is 110 cm³/mol. The molecule has 0 saturated heterocycles. The summed E-state index contributed by atoms with van der Waals surface area (Å²) in [4.78, 5) is 0. The zero-order valence-corrected chi connectivity index (χ0v) is 18.4. The van der Waals surface area contributed by atoms with Gasteiger partial charge in [0.05, 0.1) is 0 Å². The van der Waals surface area contributed by atoms with Crippen LogP contribution in [0.15, 0.2) is 18.2 Å². The van der Waals surface area contributed by atoms with Crippen molar-refractivity contribution >= 4 is 68.2 Å². The molecule has 21 heavy (non-hydrogen) atoms. The summed E-state index contributed by atoms with van der Waals surface area (Å²) in [7, 11) is -1.58. The van der Waals surface area contributed by atoms with Gasteiger partial charge >= 0.3 is 0 Å². The largest absolute Gasteiger partial charge is 0.144 e. The molecular weight excluding hydrogens is 427 g/mol. The van der Waals surface area contributed by atoms with E-state index in [0.29, 0.717) is 0 Å². The molecule has 116 valence electrons. The zero-order chi connectivity index (χ0) is 15.9. The van der Waals surface area contributed by atoms with Crippen LogP contribution < -0.4 is 4.50 Å². The van der Waals surface area contributed by atoms with Gasteiger partial charge in [-0.25, -0.2) is 0 Å². The van der Waals surface area contributed by atoms with E-state index in [-0.39, 0.29) is 0 Å². The molecule has 0 radical (unpaired) electrons. The second kappa shape index (κ2) is 6.50. The highest BCUT2D eigenvalue weighted by Crippen LogP contribution is 2.44. The molecule has 0 nitrogen and oxygen atoms in total. The molecule has 1 aromatic carbocycles. The molecule has 0 bridgehead atoms. The molecule has 0 unspecified atom stereocenters. The summed E-state index contributed by atoms with van der Waals surface area (Å²) in [5, 5.41) is 2.15. The number of rotatable bonds is 4.